The van der Waals surface area contributed by atoms with E-state index in [-0.39, 0.29) is 11.1 Å². The molecule has 22 heavy (non-hydrogen) atoms. The van der Waals surface area contributed by atoms with Gasteiger partial charge in [0.1, 0.15) is 10.2 Å². The molecule has 1 amide bonds. The monoisotopic (exact) mass is 337 g/mol. The van der Waals surface area contributed by atoms with Crippen LogP contribution in [0.5, 0.6) is 0 Å². The number of rotatable bonds is 4. The van der Waals surface area contributed by atoms with Gasteiger partial charge in [-0.15, -0.1) is 10.2 Å². The Morgan fingerprint density at radius 3 is 2.91 bits per heavy atom. The minimum Gasteiger partial charge on any atom is -0.297 e. The number of pyridine rings is 1. The van der Waals surface area contributed by atoms with Crippen LogP contribution < -0.4 is 5.32 Å². The SMILES string of the molecule is O=C(Nc1nnc(CN2CCCCC2)s1)c1ccnc(Cl)c1. The van der Waals surface area contributed by atoms with E-state index in [1.54, 1.807) is 6.07 Å². The molecular weight excluding hydrogens is 322 g/mol. The number of amides is 1. The Kier molecular flexibility index (Phi) is 4.97. The van der Waals surface area contributed by atoms with Crippen molar-refractivity contribution in [3.05, 3.63) is 34.1 Å². The number of nitrogens with one attached hydrogen (secondary N) is 1. The lowest BCUT2D eigenvalue weighted by atomic mass is 10.1. The van der Waals surface area contributed by atoms with Crippen LogP contribution in [0.25, 0.3) is 0 Å². The van der Waals surface area contributed by atoms with Gasteiger partial charge in [-0.1, -0.05) is 29.4 Å². The smallest absolute Gasteiger partial charge is 0.257 e. The van der Waals surface area contributed by atoms with E-state index in [0.29, 0.717) is 10.7 Å². The molecule has 116 valence electrons. The number of carbonyl (C=O) groups is 1. The number of carbonyl (C=O) groups excluding carboxylic acids is 1. The summed E-state index contributed by atoms with van der Waals surface area (Å²) in [6.45, 7) is 3.02. The fourth-order valence-corrected chi connectivity index (χ4v) is 3.34. The van der Waals surface area contributed by atoms with Crippen LogP contribution in [0.15, 0.2) is 18.3 Å². The van der Waals surface area contributed by atoms with Gasteiger partial charge in [-0.05, 0) is 38.1 Å². The van der Waals surface area contributed by atoms with Crippen LogP contribution in [0.2, 0.25) is 5.15 Å². The van der Waals surface area contributed by atoms with Gasteiger partial charge in [0, 0.05) is 11.8 Å². The van der Waals surface area contributed by atoms with Gasteiger partial charge in [-0.3, -0.25) is 15.0 Å². The first kappa shape index (κ1) is 15.3. The zero-order valence-corrected chi connectivity index (χ0v) is 13.5. The van der Waals surface area contributed by atoms with E-state index in [2.05, 4.69) is 25.4 Å². The number of halogens is 1. The van der Waals surface area contributed by atoms with Crippen LogP contribution in [-0.4, -0.2) is 39.1 Å². The average molecular weight is 338 g/mol. The highest BCUT2D eigenvalue weighted by Gasteiger charge is 2.15. The van der Waals surface area contributed by atoms with Gasteiger partial charge in [0.25, 0.3) is 5.91 Å². The number of nitrogens with zero attached hydrogens (tertiary/aromatic N) is 4. The molecule has 1 fully saturated rings. The molecule has 0 unspecified atom stereocenters. The Morgan fingerprint density at radius 1 is 1.32 bits per heavy atom. The summed E-state index contributed by atoms with van der Waals surface area (Å²) >= 11 is 7.19. The summed E-state index contributed by atoms with van der Waals surface area (Å²) in [5.41, 5.74) is 0.452. The zero-order chi connectivity index (χ0) is 15.4. The first-order valence-corrected chi connectivity index (χ1v) is 8.38. The third-order valence-corrected chi connectivity index (χ3v) is 4.51. The van der Waals surface area contributed by atoms with Crippen LogP contribution in [0, 0.1) is 0 Å². The predicted molar refractivity (Wildman–Crippen MR) is 86.2 cm³/mol. The van der Waals surface area contributed by atoms with Gasteiger partial charge < -0.3 is 0 Å². The van der Waals surface area contributed by atoms with Crippen LogP contribution in [0.3, 0.4) is 0 Å². The molecule has 0 aliphatic carbocycles. The molecule has 3 heterocycles. The predicted octanol–water partition coefficient (Wildman–Crippen LogP) is 2.82. The molecule has 0 radical (unpaired) electrons. The molecule has 0 spiro atoms. The van der Waals surface area contributed by atoms with Gasteiger partial charge >= 0.3 is 0 Å². The number of hydrogen-bond acceptors (Lipinski definition) is 6. The topological polar surface area (TPSA) is 71.0 Å². The van der Waals surface area contributed by atoms with Gasteiger partial charge in [0.05, 0.1) is 6.54 Å². The Bertz CT molecular complexity index is 656. The number of piperidine rings is 1. The first-order valence-electron chi connectivity index (χ1n) is 7.18. The molecule has 1 aliphatic rings. The van der Waals surface area contributed by atoms with Crippen LogP contribution >= 0.6 is 22.9 Å². The molecule has 1 aliphatic heterocycles. The van der Waals surface area contributed by atoms with Crippen molar-refractivity contribution in [1.29, 1.82) is 0 Å². The summed E-state index contributed by atoms with van der Waals surface area (Å²) in [4.78, 5) is 18.3. The molecule has 3 rings (SSSR count). The summed E-state index contributed by atoms with van der Waals surface area (Å²) in [7, 11) is 0. The van der Waals surface area contributed by atoms with Gasteiger partial charge in [-0.25, -0.2) is 4.98 Å². The number of anilines is 1. The zero-order valence-electron chi connectivity index (χ0n) is 12.0. The van der Waals surface area contributed by atoms with Crippen molar-refractivity contribution >= 4 is 34.0 Å². The lowest BCUT2D eigenvalue weighted by Gasteiger charge is -2.24. The van der Waals surface area contributed by atoms with Gasteiger partial charge in [0.15, 0.2) is 0 Å². The fourth-order valence-electron chi connectivity index (χ4n) is 2.39. The van der Waals surface area contributed by atoms with Gasteiger partial charge in [0.2, 0.25) is 5.13 Å². The van der Waals surface area contributed by atoms with Crippen molar-refractivity contribution in [2.75, 3.05) is 18.4 Å². The van der Waals surface area contributed by atoms with Crippen LogP contribution in [0.4, 0.5) is 5.13 Å². The molecule has 0 bridgehead atoms. The third kappa shape index (κ3) is 4.00. The van der Waals surface area contributed by atoms with Crippen molar-refractivity contribution in [1.82, 2.24) is 20.1 Å². The van der Waals surface area contributed by atoms with E-state index >= 15 is 0 Å². The fraction of sp³-hybridized carbons (Fsp3) is 0.429. The Morgan fingerprint density at radius 2 is 2.14 bits per heavy atom. The molecule has 0 atom stereocenters. The molecule has 1 saturated heterocycles. The maximum atomic E-state index is 12.1. The summed E-state index contributed by atoms with van der Waals surface area (Å²) < 4.78 is 0. The molecule has 0 aromatic carbocycles. The summed E-state index contributed by atoms with van der Waals surface area (Å²) in [5.74, 6) is -0.259. The maximum absolute atomic E-state index is 12.1. The minimum atomic E-state index is -0.259. The Balaban J connectivity index is 1.60. The number of likely N-dealkylation sites (tertiary alicyclic amines) is 1. The highest BCUT2D eigenvalue weighted by atomic mass is 35.5. The van der Waals surface area contributed by atoms with Gasteiger partial charge in [-0.2, -0.15) is 0 Å². The Labute approximate surface area is 137 Å². The molecule has 6 nitrogen and oxygen atoms in total. The highest BCUT2D eigenvalue weighted by Crippen LogP contribution is 2.20. The molecule has 2 aromatic rings. The average Bonchev–Trinajstić information content (AvgIpc) is 2.95. The normalized spacial score (nSPS) is 15.7. The second kappa shape index (κ2) is 7.13. The van der Waals surface area contributed by atoms with E-state index in [0.717, 1.165) is 24.6 Å². The van der Waals surface area contributed by atoms with E-state index in [1.807, 2.05) is 0 Å². The lowest BCUT2D eigenvalue weighted by molar-refractivity contribution is 0.102. The standard InChI is InChI=1S/C14H16ClN5OS/c15-11-8-10(4-5-16-11)13(21)17-14-19-18-12(22-14)9-20-6-2-1-3-7-20/h4-5,8H,1-3,6-7,9H2,(H,17,19,21). The second-order valence-corrected chi connectivity index (χ2v) is 6.61. The summed E-state index contributed by atoms with van der Waals surface area (Å²) in [5, 5.41) is 12.6. The number of aromatic nitrogens is 3. The summed E-state index contributed by atoms with van der Waals surface area (Å²) in [6.07, 6.45) is 5.29. The van der Waals surface area contributed by atoms with Crippen molar-refractivity contribution < 1.29 is 4.79 Å². The quantitative estimate of drug-likeness (QED) is 0.869. The van der Waals surface area contributed by atoms with Crippen molar-refractivity contribution in [3.8, 4) is 0 Å². The van der Waals surface area contributed by atoms with E-state index in [4.69, 9.17) is 11.6 Å². The Hall–Kier alpha value is -1.57. The minimum absolute atomic E-state index is 0.259. The van der Waals surface area contributed by atoms with Crippen LogP contribution in [-0.2, 0) is 6.54 Å². The third-order valence-electron chi connectivity index (χ3n) is 3.48. The van der Waals surface area contributed by atoms with Crippen molar-refractivity contribution in [3.63, 3.8) is 0 Å². The van der Waals surface area contributed by atoms with E-state index in [9.17, 15) is 4.79 Å². The molecule has 8 heteroatoms. The van der Waals surface area contributed by atoms with Crippen molar-refractivity contribution in [2.24, 2.45) is 0 Å². The largest absolute Gasteiger partial charge is 0.297 e. The van der Waals surface area contributed by atoms with E-state index in [1.165, 1.54) is 42.9 Å². The maximum Gasteiger partial charge on any atom is 0.257 e. The number of hydrogen-bond donors (Lipinski definition) is 1. The molecule has 0 saturated carbocycles. The van der Waals surface area contributed by atoms with Crippen LogP contribution in [0.1, 0.15) is 34.6 Å². The lowest BCUT2D eigenvalue weighted by Crippen LogP contribution is -2.28. The van der Waals surface area contributed by atoms with E-state index < -0.39 is 0 Å². The molecule has 2 aromatic heterocycles. The summed E-state index contributed by atoms with van der Waals surface area (Å²) in [6, 6.07) is 3.13. The molecule has 1 N–H and O–H groups in total. The van der Waals surface area contributed by atoms with Crippen molar-refractivity contribution in [2.45, 2.75) is 25.8 Å². The second-order valence-electron chi connectivity index (χ2n) is 5.16. The highest BCUT2D eigenvalue weighted by molar-refractivity contribution is 7.15. The molecular formula is C14H16ClN5OS. The first-order chi connectivity index (χ1) is 10.7.